The highest BCUT2D eigenvalue weighted by Gasteiger charge is 2.40. The van der Waals surface area contributed by atoms with Gasteiger partial charge in [0.05, 0.1) is 22.7 Å². The van der Waals surface area contributed by atoms with Gasteiger partial charge in [0.1, 0.15) is 22.5 Å². The van der Waals surface area contributed by atoms with Crippen molar-refractivity contribution in [2.24, 2.45) is 0 Å². The summed E-state index contributed by atoms with van der Waals surface area (Å²) in [6, 6.07) is 55.5. The van der Waals surface area contributed by atoms with Gasteiger partial charge in [-0.3, -0.25) is 9.80 Å². The Kier molecular flexibility index (Phi) is 7.36. The van der Waals surface area contributed by atoms with E-state index < -0.39 is 7.14 Å². The molecule has 0 aliphatic carbocycles. The minimum atomic E-state index is -3.60. The molecule has 5 aromatic carbocycles. The van der Waals surface area contributed by atoms with Gasteiger partial charge in [-0.1, -0.05) is 143 Å². The van der Waals surface area contributed by atoms with Crippen molar-refractivity contribution in [3.8, 4) is 0 Å². The first-order valence-corrected chi connectivity index (χ1v) is 19.5. The molecular formula is C46H39N4OP. The maximum absolute atomic E-state index is 16.1. The fraction of sp³-hybridized carbons (Fsp3) is 0.130. The number of hydrogen-bond acceptors (Lipinski definition) is 5. The highest BCUT2D eigenvalue weighted by atomic mass is 31.2. The minimum Gasteiger partial charge on any atom is -0.305 e. The van der Waals surface area contributed by atoms with E-state index in [0.29, 0.717) is 27.8 Å². The molecule has 2 aromatic heterocycles. The molecule has 0 fully saturated rings. The smallest absolute Gasteiger partial charge is 0.206 e. The van der Waals surface area contributed by atoms with E-state index in [1.807, 2.05) is 66.7 Å². The lowest BCUT2D eigenvalue weighted by Crippen LogP contribution is -2.34. The molecule has 52 heavy (non-hydrogen) atoms. The molecule has 254 valence electrons. The number of aromatic nitrogens is 2. The molecular weight excluding hydrogens is 656 g/mol. The molecule has 0 amide bonds. The minimum absolute atomic E-state index is 0.202. The van der Waals surface area contributed by atoms with Crippen LogP contribution in [0, 0.1) is 0 Å². The molecule has 0 radical (unpaired) electrons. The van der Waals surface area contributed by atoms with Crippen LogP contribution in [-0.2, 0) is 15.4 Å². The van der Waals surface area contributed by atoms with Gasteiger partial charge in [0.15, 0.2) is 0 Å². The molecule has 5 nitrogen and oxygen atoms in total. The predicted molar refractivity (Wildman–Crippen MR) is 215 cm³/mol. The van der Waals surface area contributed by atoms with Gasteiger partial charge in [-0.2, -0.15) is 0 Å². The van der Waals surface area contributed by atoms with E-state index in [-0.39, 0.29) is 10.8 Å². The molecule has 6 heteroatoms. The van der Waals surface area contributed by atoms with Crippen LogP contribution in [0.15, 0.2) is 164 Å². The van der Waals surface area contributed by atoms with Crippen LogP contribution in [-0.4, -0.2) is 9.97 Å². The summed E-state index contributed by atoms with van der Waals surface area (Å²) in [6.07, 6.45) is 0. The average molecular weight is 695 g/mol. The van der Waals surface area contributed by atoms with Crippen LogP contribution in [0.5, 0.6) is 0 Å². The van der Waals surface area contributed by atoms with Gasteiger partial charge in [-0.05, 0) is 70.8 Å². The summed E-state index contributed by atoms with van der Waals surface area (Å²) in [4.78, 5) is 15.0. The zero-order valence-electron chi connectivity index (χ0n) is 29.7. The summed E-state index contributed by atoms with van der Waals surface area (Å²) in [5.41, 5.74) is 9.69. The molecule has 2 aliphatic rings. The van der Waals surface area contributed by atoms with Gasteiger partial charge in [0.2, 0.25) is 7.14 Å². The number of nitrogens with zero attached hydrogens (tertiary/aromatic N) is 4. The fourth-order valence-corrected chi connectivity index (χ4v) is 10.7. The third-order valence-corrected chi connectivity index (χ3v) is 13.7. The topological polar surface area (TPSA) is 49.3 Å². The first kappa shape index (κ1) is 32.2. The molecule has 4 heterocycles. The van der Waals surface area contributed by atoms with Crippen LogP contribution in [0.1, 0.15) is 49.9 Å². The number of para-hydroxylation sites is 4. The van der Waals surface area contributed by atoms with Crippen molar-refractivity contribution < 1.29 is 4.57 Å². The van der Waals surface area contributed by atoms with Crippen molar-refractivity contribution in [3.63, 3.8) is 0 Å². The summed E-state index contributed by atoms with van der Waals surface area (Å²) in [7, 11) is -3.60. The molecule has 0 spiro atoms. The Hall–Kier alpha value is -5.77. The van der Waals surface area contributed by atoms with Crippen molar-refractivity contribution in [2.75, 3.05) is 9.80 Å². The second-order valence-corrected chi connectivity index (χ2v) is 17.3. The van der Waals surface area contributed by atoms with Crippen molar-refractivity contribution in [2.45, 2.75) is 38.5 Å². The third-order valence-electron chi connectivity index (χ3n) is 10.9. The highest BCUT2D eigenvalue weighted by Crippen LogP contribution is 2.53. The first-order chi connectivity index (χ1) is 25.2. The van der Waals surface area contributed by atoms with E-state index in [4.69, 9.17) is 9.97 Å². The molecule has 0 N–H and O–H groups in total. The molecule has 0 atom stereocenters. The van der Waals surface area contributed by atoms with Crippen molar-refractivity contribution in [1.29, 1.82) is 0 Å². The molecule has 2 aliphatic heterocycles. The van der Waals surface area contributed by atoms with Crippen LogP contribution in [0.25, 0.3) is 0 Å². The second kappa shape index (κ2) is 11.9. The molecule has 9 rings (SSSR count). The Balaban J connectivity index is 1.23. The lowest BCUT2D eigenvalue weighted by Gasteiger charge is -2.41. The number of pyridine rings is 2. The van der Waals surface area contributed by atoms with Crippen LogP contribution in [0.2, 0.25) is 0 Å². The van der Waals surface area contributed by atoms with Gasteiger partial charge < -0.3 is 4.57 Å². The van der Waals surface area contributed by atoms with Crippen LogP contribution in [0.3, 0.4) is 0 Å². The summed E-state index contributed by atoms with van der Waals surface area (Å²) in [6.45, 7) is 9.09. The summed E-state index contributed by atoms with van der Waals surface area (Å²) in [5, 5.41) is 0.686. The molecule has 0 saturated carbocycles. The first-order valence-electron chi connectivity index (χ1n) is 17.8. The van der Waals surface area contributed by atoms with E-state index in [0.717, 1.165) is 22.7 Å². The van der Waals surface area contributed by atoms with Gasteiger partial charge in [-0.15, -0.1) is 0 Å². The number of benzene rings is 5. The van der Waals surface area contributed by atoms with Crippen molar-refractivity contribution in [3.05, 3.63) is 186 Å². The molecule has 0 saturated heterocycles. The zero-order valence-corrected chi connectivity index (χ0v) is 30.6. The van der Waals surface area contributed by atoms with E-state index in [2.05, 4.69) is 135 Å². The fourth-order valence-electron chi connectivity index (χ4n) is 8.28. The van der Waals surface area contributed by atoms with Crippen molar-refractivity contribution in [1.82, 2.24) is 9.97 Å². The average Bonchev–Trinajstić information content (AvgIpc) is 3.18. The highest BCUT2D eigenvalue weighted by molar-refractivity contribution is 7.85. The van der Waals surface area contributed by atoms with Crippen LogP contribution < -0.4 is 26.0 Å². The Morgan fingerprint density at radius 1 is 0.404 bits per heavy atom. The van der Waals surface area contributed by atoms with E-state index in [1.54, 1.807) is 0 Å². The van der Waals surface area contributed by atoms with Crippen LogP contribution >= 0.6 is 7.14 Å². The standard InChI is InChI=1S/C46H39N4OP/c1-45(2)33-20-8-12-24-37(33)49(38-25-13-9-21-34(38)45)41-28-16-30-43(47-41)52(51,32-18-6-5-7-19-32)44-31-17-29-42(48-44)50-39-26-14-10-22-35(39)46(3,4)36-23-11-15-27-40(36)50/h5-31H,1-4H3. The largest absolute Gasteiger partial charge is 0.305 e. The number of rotatable bonds is 5. The number of anilines is 6. The molecule has 0 unspecified atom stereocenters. The summed E-state index contributed by atoms with van der Waals surface area (Å²) < 4.78 is 16.1. The molecule has 0 bridgehead atoms. The Labute approximate surface area is 305 Å². The Morgan fingerprint density at radius 3 is 1.10 bits per heavy atom. The van der Waals surface area contributed by atoms with Crippen molar-refractivity contribution >= 4 is 57.7 Å². The van der Waals surface area contributed by atoms with Gasteiger partial charge in [-0.25, -0.2) is 9.97 Å². The molecule has 7 aromatic rings. The predicted octanol–water partition coefficient (Wildman–Crippen LogP) is 10.3. The summed E-state index contributed by atoms with van der Waals surface area (Å²) in [5.74, 6) is 1.42. The zero-order chi connectivity index (χ0) is 35.7. The number of hydrogen-bond donors (Lipinski definition) is 0. The maximum atomic E-state index is 16.1. The monoisotopic (exact) mass is 694 g/mol. The third kappa shape index (κ3) is 4.73. The Bertz CT molecular complexity index is 2290. The second-order valence-electron chi connectivity index (χ2n) is 14.6. The maximum Gasteiger partial charge on any atom is 0.206 e. The van der Waals surface area contributed by atoms with E-state index >= 15 is 4.57 Å². The number of fused-ring (bicyclic) bond motifs is 4. The van der Waals surface area contributed by atoms with Crippen LogP contribution in [0.4, 0.5) is 34.4 Å². The quantitative estimate of drug-likeness (QED) is 0.168. The van der Waals surface area contributed by atoms with Gasteiger partial charge in [0.25, 0.3) is 0 Å². The van der Waals surface area contributed by atoms with E-state index in [1.165, 1.54) is 22.3 Å². The summed E-state index contributed by atoms with van der Waals surface area (Å²) >= 11 is 0. The lowest BCUT2D eigenvalue weighted by atomic mass is 9.73. The van der Waals surface area contributed by atoms with Gasteiger partial charge in [0, 0.05) is 16.1 Å². The normalized spacial score (nSPS) is 15.2. The Morgan fingerprint density at radius 2 is 0.731 bits per heavy atom. The lowest BCUT2D eigenvalue weighted by molar-refractivity contribution is 0.591. The van der Waals surface area contributed by atoms with E-state index in [9.17, 15) is 0 Å². The SMILES string of the molecule is CC1(C)c2ccccc2N(c2cccc(P(=O)(c3ccccc3)c3cccc(N4c5ccccc5C(C)(C)c5ccccc54)n3)n2)c2ccccc21. The van der Waals surface area contributed by atoms with Gasteiger partial charge >= 0.3 is 0 Å².